The highest BCUT2D eigenvalue weighted by atomic mass is 16.4. The van der Waals surface area contributed by atoms with Gasteiger partial charge in [-0.3, -0.25) is 4.79 Å². The van der Waals surface area contributed by atoms with Crippen molar-refractivity contribution in [1.82, 2.24) is 5.32 Å². The molecule has 0 amide bonds. The molecule has 1 unspecified atom stereocenters. The summed E-state index contributed by atoms with van der Waals surface area (Å²) < 4.78 is 0. The molecule has 0 fully saturated rings. The van der Waals surface area contributed by atoms with Crippen molar-refractivity contribution in [2.75, 3.05) is 6.54 Å². The van der Waals surface area contributed by atoms with E-state index in [1.807, 2.05) is 0 Å². The van der Waals surface area contributed by atoms with Gasteiger partial charge in [0.15, 0.2) is 0 Å². The maximum absolute atomic E-state index is 10.7. The quantitative estimate of drug-likeness (QED) is 0.491. The number of hydrogen-bond donors (Lipinski definition) is 2. The first-order valence-electron chi connectivity index (χ1n) is 7.65. The standard InChI is InChI=1S/C15H31NO2/c1-3-5-6-7-8-9-10-11-14(13-15(17)18)16-12-4-2/h14,16H,3-13H2,1-2H3,(H,17,18). The molecule has 18 heavy (non-hydrogen) atoms. The molecule has 1 atom stereocenters. The van der Waals surface area contributed by atoms with Gasteiger partial charge in [0, 0.05) is 6.04 Å². The molecule has 0 rings (SSSR count). The Balaban J connectivity index is 3.52. The van der Waals surface area contributed by atoms with Crippen molar-refractivity contribution in [3.63, 3.8) is 0 Å². The zero-order valence-electron chi connectivity index (χ0n) is 12.2. The highest BCUT2D eigenvalue weighted by molar-refractivity contribution is 5.67. The fourth-order valence-corrected chi connectivity index (χ4v) is 2.18. The van der Waals surface area contributed by atoms with Crippen LogP contribution in [0.25, 0.3) is 0 Å². The molecule has 108 valence electrons. The lowest BCUT2D eigenvalue weighted by Gasteiger charge is -2.16. The maximum atomic E-state index is 10.7. The van der Waals surface area contributed by atoms with Crippen LogP contribution in [0.1, 0.15) is 78.1 Å². The van der Waals surface area contributed by atoms with Crippen LogP contribution < -0.4 is 5.32 Å². The Hall–Kier alpha value is -0.570. The van der Waals surface area contributed by atoms with Crippen LogP contribution in [0, 0.1) is 0 Å². The van der Waals surface area contributed by atoms with E-state index in [-0.39, 0.29) is 12.5 Å². The number of aliphatic carboxylic acids is 1. The Kier molecular flexibility index (Phi) is 12.5. The summed E-state index contributed by atoms with van der Waals surface area (Å²) in [4.78, 5) is 10.7. The smallest absolute Gasteiger partial charge is 0.304 e. The number of unbranched alkanes of at least 4 members (excludes halogenated alkanes) is 6. The third-order valence-electron chi connectivity index (χ3n) is 3.26. The Morgan fingerprint density at radius 3 is 2.17 bits per heavy atom. The van der Waals surface area contributed by atoms with Crippen molar-refractivity contribution >= 4 is 5.97 Å². The minimum Gasteiger partial charge on any atom is -0.481 e. The molecule has 0 aromatic carbocycles. The average molecular weight is 257 g/mol. The summed E-state index contributed by atoms with van der Waals surface area (Å²) in [7, 11) is 0. The van der Waals surface area contributed by atoms with Crippen molar-refractivity contribution in [2.24, 2.45) is 0 Å². The van der Waals surface area contributed by atoms with E-state index in [1.54, 1.807) is 0 Å². The molecule has 0 aliphatic rings. The van der Waals surface area contributed by atoms with Crippen molar-refractivity contribution in [3.05, 3.63) is 0 Å². The van der Waals surface area contributed by atoms with Gasteiger partial charge in [-0.15, -0.1) is 0 Å². The molecule has 0 aromatic rings. The summed E-state index contributed by atoms with van der Waals surface area (Å²) in [6.45, 7) is 5.27. The molecular weight excluding hydrogens is 226 g/mol. The summed E-state index contributed by atoms with van der Waals surface area (Å²) in [6, 6.07) is 0.165. The first-order valence-corrected chi connectivity index (χ1v) is 7.65. The molecule has 0 aromatic heterocycles. The number of hydrogen-bond acceptors (Lipinski definition) is 2. The second-order valence-corrected chi connectivity index (χ2v) is 5.16. The van der Waals surface area contributed by atoms with Gasteiger partial charge in [-0.2, -0.15) is 0 Å². The van der Waals surface area contributed by atoms with Crippen molar-refractivity contribution in [3.8, 4) is 0 Å². The van der Waals surface area contributed by atoms with Gasteiger partial charge in [-0.05, 0) is 19.4 Å². The zero-order chi connectivity index (χ0) is 13.6. The van der Waals surface area contributed by atoms with Gasteiger partial charge in [0.05, 0.1) is 6.42 Å². The summed E-state index contributed by atoms with van der Waals surface area (Å²) in [5.74, 6) is -0.688. The first kappa shape index (κ1) is 17.4. The van der Waals surface area contributed by atoms with Crippen LogP contribution in [0.15, 0.2) is 0 Å². The molecule has 3 heteroatoms. The van der Waals surface area contributed by atoms with Crippen LogP contribution in [-0.4, -0.2) is 23.7 Å². The number of carboxylic acid groups (broad SMARTS) is 1. The van der Waals surface area contributed by atoms with Crippen molar-refractivity contribution in [2.45, 2.75) is 84.1 Å². The highest BCUT2D eigenvalue weighted by Gasteiger charge is 2.11. The van der Waals surface area contributed by atoms with Crippen LogP contribution in [0.4, 0.5) is 0 Å². The van der Waals surface area contributed by atoms with E-state index in [4.69, 9.17) is 5.11 Å². The lowest BCUT2D eigenvalue weighted by molar-refractivity contribution is -0.137. The van der Waals surface area contributed by atoms with Gasteiger partial charge in [-0.25, -0.2) is 0 Å². The van der Waals surface area contributed by atoms with Crippen LogP contribution >= 0.6 is 0 Å². The number of rotatable bonds is 13. The minimum atomic E-state index is -0.688. The Morgan fingerprint density at radius 1 is 1.00 bits per heavy atom. The molecule has 0 radical (unpaired) electrons. The lowest BCUT2D eigenvalue weighted by Crippen LogP contribution is -2.32. The van der Waals surface area contributed by atoms with Gasteiger partial charge in [0.1, 0.15) is 0 Å². The van der Waals surface area contributed by atoms with E-state index >= 15 is 0 Å². The van der Waals surface area contributed by atoms with Gasteiger partial charge < -0.3 is 10.4 Å². The topological polar surface area (TPSA) is 49.3 Å². The van der Waals surface area contributed by atoms with E-state index < -0.39 is 5.97 Å². The minimum absolute atomic E-state index is 0.165. The Labute approximate surface area is 112 Å². The fourth-order valence-electron chi connectivity index (χ4n) is 2.18. The van der Waals surface area contributed by atoms with Crippen molar-refractivity contribution < 1.29 is 9.90 Å². The predicted octanol–water partition coefficient (Wildman–Crippen LogP) is 3.97. The molecular formula is C15H31NO2. The second-order valence-electron chi connectivity index (χ2n) is 5.16. The van der Waals surface area contributed by atoms with Gasteiger partial charge in [0.2, 0.25) is 0 Å². The molecule has 0 bridgehead atoms. The molecule has 2 N–H and O–H groups in total. The van der Waals surface area contributed by atoms with Gasteiger partial charge >= 0.3 is 5.97 Å². The van der Waals surface area contributed by atoms with E-state index in [1.165, 1.54) is 38.5 Å². The normalized spacial score (nSPS) is 12.6. The summed E-state index contributed by atoms with van der Waals surface area (Å²) in [6.07, 6.45) is 11.3. The molecule has 0 heterocycles. The first-order chi connectivity index (χ1) is 8.70. The SMILES string of the molecule is CCCCCCCCCC(CC(=O)O)NCCC. The largest absolute Gasteiger partial charge is 0.481 e. The van der Waals surface area contributed by atoms with Crippen LogP contribution in [0.5, 0.6) is 0 Å². The van der Waals surface area contributed by atoms with E-state index in [0.29, 0.717) is 0 Å². The second kappa shape index (κ2) is 12.9. The molecule has 0 aliphatic carbocycles. The maximum Gasteiger partial charge on any atom is 0.304 e. The number of carboxylic acids is 1. The van der Waals surface area contributed by atoms with E-state index in [0.717, 1.165) is 25.8 Å². The van der Waals surface area contributed by atoms with Gasteiger partial charge in [-0.1, -0.05) is 58.8 Å². The average Bonchev–Trinajstić information content (AvgIpc) is 2.34. The number of carbonyl (C=O) groups is 1. The summed E-state index contributed by atoms with van der Waals surface area (Å²) >= 11 is 0. The third kappa shape index (κ3) is 11.9. The van der Waals surface area contributed by atoms with E-state index in [9.17, 15) is 4.79 Å². The molecule has 0 saturated heterocycles. The monoisotopic (exact) mass is 257 g/mol. The Morgan fingerprint density at radius 2 is 1.61 bits per heavy atom. The molecule has 3 nitrogen and oxygen atoms in total. The van der Waals surface area contributed by atoms with Crippen LogP contribution in [0.3, 0.4) is 0 Å². The molecule has 0 spiro atoms. The summed E-state index contributed by atoms with van der Waals surface area (Å²) in [5, 5.41) is 12.2. The molecule has 0 saturated carbocycles. The van der Waals surface area contributed by atoms with Crippen LogP contribution in [0.2, 0.25) is 0 Å². The fraction of sp³-hybridized carbons (Fsp3) is 0.933. The third-order valence-corrected chi connectivity index (χ3v) is 3.26. The van der Waals surface area contributed by atoms with E-state index in [2.05, 4.69) is 19.2 Å². The van der Waals surface area contributed by atoms with Gasteiger partial charge in [0.25, 0.3) is 0 Å². The lowest BCUT2D eigenvalue weighted by atomic mass is 10.0. The predicted molar refractivity (Wildman–Crippen MR) is 76.9 cm³/mol. The van der Waals surface area contributed by atoms with Crippen molar-refractivity contribution in [1.29, 1.82) is 0 Å². The summed E-state index contributed by atoms with van der Waals surface area (Å²) in [5.41, 5.74) is 0. The number of nitrogens with one attached hydrogen (secondary N) is 1. The Bertz CT molecular complexity index is 195. The zero-order valence-corrected chi connectivity index (χ0v) is 12.2. The molecule has 0 aliphatic heterocycles. The van der Waals surface area contributed by atoms with Crippen LogP contribution in [-0.2, 0) is 4.79 Å². The highest BCUT2D eigenvalue weighted by Crippen LogP contribution is 2.11.